The fourth-order valence-corrected chi connectivity index (χ4v) is 3.35. The van der Waals surface area contributed by atoms with E-state index in [-0.39, 0.29) is 17.4 Å². The number of aliphatic imine (C=N–C) groups is 1. The number of nitrogens with zero attached hydrogens (tertiary/aromatic N) is 1. The van der Waals surface area contributed by atoms with E-state index in [1.807, 2.05) is 0 Å². The summed E-state index contributed by atoms with van der Waals surface area (Å²) in [6, 6.07) is 9.94. The number of nitrogens with one attached hydrogen (secondary N) is 1. The van der Waals surface area contributed by atoms with Crippen molar-refractivity contribution in [2.45, 2.75) is 0 Å². The van der Waals surface area contributed by atoms with Crippen molar-refractivity contribution in [3.05, 3.63) is 56.9 Å². The maximum Gasteiger partial charge on any atom is 0.264 e. The number of benzene rings is 2. The number of amidine groups is 1. The van der Waals surface area contributed by atoms with E-state index in [2.05, 4.69) is 10.3 Å². The minimum absolute atomic E-state index is 0.0682. The molecule has 0 spiro atoms. The van der Waals surface area contributed by atoms with Crippen molar-refractivity contribution >= 4 is 57.8 Å². The molecule has 1 amide bonds. The molecule has 0 aromatic heterocycles. The summed E-state index contributed by atoms with van der Waals surface area (Å²) in [7, 11) is 1.44. The topological polar surface area (TPSA) is 70.9 Å². The van der Waals surface area contributed by atoms with Gasteiger partial charge in [-0.3, -0.25) is 4.79 Å². The predicted molar refractivity (Wildman–Crippen MR) is 102 cm³/mol. The summed E-state index contributed by atoms with van der Waals surface area (Å²) in [6.07, 6.45) is 1.62. The molecular formula is C17H12Cl2N2O3S. The summed E-state index contributed by atoms with van der Waals surface area (Å²) in [5.41, 5.74) is 1.19. The minimum Gasteiger partial charge on any atom is -0.504 e. The molecule has 0 radical (unpaired) electrons. The van der Waals surface area contributed by atoms with Crippen molar-refractivity contribution < 1.29 is 14.6 Å². The number of rotatable bonds is 3. The Labute approximate surface area is 158 Å². The number of hydrogen-bond donors (Lipinski definition) is 2. The first-order valence-electron chi connectivity index (χ1n) is 7.08. The normalized spacial score (nSPS) is 17.2. The quantitative estimate of drug-likeness (QED) is 0.746. The molecule has 128 valence electrons. The van der Waals surface area contributed by atoms with Crippen LogP contribution in [0.15, 0.2) is 46.3 Å². The average molecular weight is 395 g/mol. The average Bonchev–Trinajstić information content (AvgIpc) is 2.89. The van der Waals surface area contributed by atoms with Gasteiger partial charge in [0.05, 0.1) is 22.7 Å². The largest absolute Gasteiger partial charge is 0.504 e. The molecule has 0 atom stereocenters. The molecule has 2 aromatic carbocycles. The van der Waals surface area contributed by atoms with E-state index < -0.39 is 0 Å². The number of halogens is 2. The van der Waals surface area contributed by atoms with Crippen LogP contribution in [0.1, 0.15) is 5.56 Å². The molecule has 1 aliphatic rings. The summed E-state index contributed by atoms with van der Waals surface area (Å²) in [5, 5.41) is 13.7. The highest BCUT2D eigenvalue weighted by molar-refractivity contribution is 8.18. The van der Waals surface area contributed by atoms with Crippen molar-refractivity contribution in [1.29, 1.82) is 0 Å². The Morgan fingerprint density at radius 3 is 2.80 bits per heavy atom. The van der Waals surface area contributed by atoms with Crippen molar-refractivity contribution in [3.8, 4) is 11.5 Å². The Morgan fingerprint density at radius 1 is 1.28 bits per heavy atom. The lowest BCUT2D eigenvalue weighted by atomic mass is 10.2. The van der Waals surface area contributed by atoms with Gasteiger partial charge in [0, 0.05) is 11.1 Å². The first-order chi connectivity index (χ1) is 12.0. The second kappa shape index (κ2) is 7.39. The van der Waals surface area contributed by atoms with Crippen LogP contribution in [0, 0.1) is 0 Å². The van der Waals surface area contributed by atoms with Gasteiger partial charge in [-0.05, 0) is 47.7 Å². The van der Waals surface area contributed by atoms with Crippen LogP contribution in [0.2, 0.25) is 10.0 Å². The van der Waals surface area contributed by atoms with Gasteiger partial charge in [-0.1, -0.05) is 29.3 Å². The molecule has 1 aliphatic heterocycles. The monoisotopic (exact) mass is 394 g/mol. The first kappa shape index (κ1) is 17.7. The van der Waals surface area contributed by atoms with Crippen LogP contribution >= 0.6 is 35.0 Å². The van der Waals surface area contributed by atoms with E-state index in [0.29, 0.717) is 31.4 Å². The van der Waals surface area contributed by atoms with Gasteiger partial charge in [-0.15, -0.1) is 0 Å². The number of ether oxygens (including phenoxy) is 1. The lowest BCUT2D eigenvalue weighted by Gasteiger charge is -2.06. The molecule has 8 heteroatoms. The minimum atomic E-state index is -0.283. The van der Waals surface area contributed by atoms with Crippen molar-refractivity contribution in [2.75, 3.05) is 7.11 Å². The summed E-state index contributed by atoms with van der Waals surface area (Å²) in [6.45, 7) is 0. The van der Waals surface area contributed by atoms with E-state index in [4.69, 9.17) is 27.9 Å². The highest BCUT2D eigenvalue weighted by Crippen LogP contribution is 2.35. The van der Waals surface area contributed by atoms with Gasteiger partial charge in [-0.2, -0.15) is 0 Å². The maximum absolute atomic E-state index is 12.1. The zero-order chi connectivity index (χ0) is 18.0. The smallest absolute Gasteiger partial charge is 0.264 e. The summed E-state index contributed by atoms with van der Waals surface area (Å²) < 4.78 is 5.06. The molecule has 0 aliphatic carbocycles. The number of methoxy groups -OCH3 is 1. The van der Waals surface area contributed by atoms with E-state index in [0.717, 1.165) is 0 Å². The molecule has 25 heavy (non-hydrogen) atoms. The van der Waals surface area contributed by atoms with Gasteiger partial charge < -0.3 is 15.2 Å². The van der Waals surface area contributed by atoms with Crippen LogP contribution in [0.3, 0.4) is 0 Å². The molecule has 0 unspecified atom stereocenters. The lowest BCUT2D eigenvalue weighted by molar-refractivity contribution is -0.115. The number of carbonyl (C=O) groups excluding carboxylic acids is 1. The Bertz CT molecular complexity index is 913. The third-order valence-electron chi connectivity index (χ3n) is 3.27. The van der Waals surface area contributed by atoms with Crippen LogP contribution < -0.4 is 10.1 Å². The second-order valence-corrected chi connectivity index (χ2v) is 6.88. The lowest BCUT2D eigenvalue weighted by Crippen LogP contribution is -2.19. The SMILES string of the molecule is COc1cc(C=C2SC(=Nc3cccc(Cl)c3)NC2=O)c(Cl)cc1O. The molecule has 2 N–H and O–H groups in total. The van der Waals surface area contributed by atoms with E-state index in [9.17, 15) is 9.90 Å². The molecule has 5 nitrogen and oxygen atoms in total. The van der Waals surface area contributed by atoms with E-state index >= 15 is 0 Å². The Morgan fingerprint density at radius 2 is 2.08 bits per heavy atom. The maximum atomic E-state index is 12.1. The number of thioether (sulfide) groups is 1. The zero-order valence-electron chi connectivity index (χ0n) is 12.9. The molecule has 0 bridgehead atoms. The zero-order valence-corrected chi connectivity index (χ0v) is 15.2. The third-order valence-corrected chi connectivity index (χ3v) is 4.75. The van der Waals surface area contributed by atoms with Gasteiger partial charge in [0.2, 0.25) is 0 Å². The number of amides is 1. The highest BCUT2D eigenvalue weighted by atomic mass is 35.5. The van der Waals surface area contributed by atoms with E-state index in [1.54, 1.807) is 36.4 Å². The van der Waals surface area contributed by atoms with Gasteiger partial charge in [0.25, 0.3) is 5.91 Å². The highest BCUT2D eigenvalue weighted by Gasteiger charge is 2.24. The van der Waals surface area contributed by atoms with Crippen LogP contribution in [-0.4, -0.2) is 23.3 Å². The van der Waals surface area contributed by atoms with Crippen molar-refractivity contribution in [1.82, 2.24) is 5.32 Å². The van der Waals surface area contributed by atoms with Gasteiger partial charge >= 0.3 is 0 Å². The molecule has 3 rings (SSSR count). The molecule has 1 heterocycles. The molecular weight excluding hydrogens is 383 g/mol. The third kappa shape index (κ3) is 4.10. The standard InChI is InChI=1S/C17H12Cl2N2O3S/c1-24-14-5-9(12(19)8-13(14)22)6-15-16(23)21-17(25-15)20-11-4-2-3-10(18)7-11/h2-8,22H,1H3,(H,20,21,23). The predicted octanol–water partition coefficient (Wildman–Crippen LogP) is 4.60. The fourth-order valence-electron chi connectivity index (χ4n) is 2.12. The van der Waals surface area contributed by atoms with Crippen LogP contribution in [0.4, 0.5) is 5.69 Å². The number of hydrogen-bond acceptors (Lipinski definition) is 5. The second-order valence-electron chi connectivity index (χ2n) is 5.01. The van der Waals surface area contributed by atoms with Crippen LogP contribution in [0.25, 0.3) is 6.08 Å². The molecule has 1 fully saturated rings. The van der Waals surface area contributed by atoms with Crippen molar-refractivity contribution in [3.63, 3.8) is 0 Å². The van der Waals surface area contributed by atoms with Crippen LogP contribution in [0.5, 0.6) is 11.5 Å². The van der Waals surface area contributed by atoms with Crippen molar-refractivity contribution in [2.24, 2.45) is 4.99 Å². The first-order valence-corrected chi connectivity index (χ1v) is 8.65. The number of phenols is 1. The summed E-state index contributed by atoms with van der Waals surface area (Å²) >= 11 is 13.2. The Balaban J connectivity index is 1.89. The Kier molecular flexibility index (Phi) is 5.22. The van der Waals surface area contributed by atoms with Gasteiger partial charge in [0.15, 0.2) is 16.7 Å². The van der Waals surface area contributed by atoms with Gasteiger partial charge in [0.1, 0.15) is 0 Å². The molecule has 2 aromatic rings. The molecule has 1 saturated heterocycles. The number of aromatic hydroxyl groups is 1. The Hall–Kier alpha value is -2.15. The molecule has 0 saturated carbocycles. The number of carbonyl (C=O) groups is 1. The van der Waals surface area contributed by atoms with E-state index in [1.165, 1.54) is 24.9 Å². The van der Waals surface area contributed by atoms with Crippen LogP contribution in [-0.2, 0) is 4.79 Å². The fraction of sp³-hybridized carbons (Fsp3) is 0.0588. The summed E-state index contributed by atoms with van der Waals surface area (Å²) in [5.74, 6) is -0.0808. The number of phenolic OH excluding ortho intramolecular Hbond substituents is 1. The summed E-state index contributed by atoms with van der Waals surface area (Å²) in [4.78, 5) is 16.9. The van der Waals surface area contributed by atoms with Gasteiger partial charge in [-0.25, -0.2) is 4.99 Å².